The summed E-state index contributed by atoms with van der Waals surface area (Å²) in [5.41, 5.74) is 2.85. The molecule has 1 atom stereocenters. The SMILES string of the molecule is COc1cccc2c1OC1(CC[NH+](C)CC1)N1N=C(c3ccc4c(c3)OCO4)C[C@@H]21. The third kappa shape index (κ3) is 2.58. The maximum absolute atomic E-state index is 6.74. The van der Waals surface area contributed by atoms with Crippen LogP contribution in [0.1, 0.15) is 36.4 Å². The lowest BCUT2D eigenvalue weighted by Gasteiger charge is -2.49. The Hall–Kier alpha value is -2.93. The lowest BCUT2D eigenvalue weighted by Crippen LogP contribution is -3.11. The number of quaternary nitrogens is 1. The fourth-order valence-corrected chi connectivity index (χ4v) is 5.08. The van der Waals surface area contributed by atoms with Crippen molar-refractivity contribution in [3.63, 3.8) is 0 Å². The fourth-order valence-electron chi connectivity index (χ4n) is 5.08. The molecule has 2 aromatic rings. The fraction of sp³-hybridized carbons (Fsp3) is 0.435. The number of fused-ring (bicyclic) bond motifs is 5. The average molecular weight is 408 g/mol. The number of methoxy groups -OCH3 is 1. The van der Waals surface area contributed by atoms with Crippen molar-refractivity contribution in [3.05, 3.63) is 47.5 Å². The molecule has 156 valence electrons. The third-order valence-corrected chi connectivity index (χ3v) is 6.80. The zero-order valence-electron chi connectivity index (χ0n) is 17.3. The van der Waals surface area contributed by atoms with Crippen LogP contribution in [0, 0.1) is 0 Å². The molecule has 0 radical (unpaired) electrons. The van der Waals surface area contributed by atoms with Gasteiger partial charge in [-0.25, -0.2) is 5.01 Å². The van der Waals surface area contributed by atoms with Crippen LogP contribution in [0.4, 0.5) is 0 Å². The normalized spacial score (nSPS) is 28.6. The minimum absolute atomic E-state index is 0.141. The van der Waals surface area contributed by atoms with Gasteiger partial charge < -0.3 is 23.8 Å². The first-order valence-corrected chi connectivity index (χ1v) is 10.6. The molecule has 0 unspecified atom stereocenters. The summed E-state index contributed by atoms with van der Waals surface area (Å²) in [6.45, 7) is 2.39. The molecule has 7 heteroatoms. The third-order valence-electron chi connectivity index (χ3n) is 6.80. The Kier molecular flexibility index (Phi) is 3.90. The first-order chi connectivity index (χ1) is 14.7. The minimum Gasteiger partial charge on any atom is -0.493 e. The summed E-state index contributed by atoms with van der Waals surface area (Å²) in [5, 5.41) is 7.38. The number of nitrogens with one attached hydrogen (secondary N) is 1. The van der Waals surface area contributed by atoms with Gasteiger partial charge in [0.2, 0.25) is 12.5 Å². The molecular formula is C23H26N3O4+. The zero-order chi connectivity index (χ0) is 20.3. The van der Waals surface area contributed by atoms with Gasteiger partial charge in [0.15, 0.2) is 23.0 Å². The van der Waals surface area contributed by atoms with Gasteiger partial charge in [0.25, 0.3) is 0 Å². The van der Waals surface area contributed by atoms with E-state index in [-0.39, 0.29) is 12.8 Å². The second-order valence-corrected chi connectivity index (χ2v) is 8.56. The number of hydrogen-bond acceptors (Lipinski definition) is 6. The standard InChI is InChI=1S/C23H25N3O4/c1-25-10-8-23(9-11-25)26-18(16-4-3-5-20(27-2)22(16)30-23)13-17(24-26)15-6-7-19-21(12-15)29-14-28-19/h3-7,12,18H,8-11,13-14H2,1-2H3/p+1/t18-/m0/s1. The summed E-state index contributed by atoms with van der Waals surface area (Å²) < 4.78 is 23.5. The monoisotopic (exact) mass is 408 g/mol. The molecule has 4 aliphatic heterocycles. The van der Waals surface area contributed by atoms with E-state index in [0.717, 1.165) is 72.2 Å². The number of para-hydroxylation sites is 1. The quantitative estimate of drug-likeness (QED) is 0.824. The molecule has 4 heterocycles. The Bertz CT molecular complexity index is 1030. The molecule has 4 aliphatic rings. The molecule has 1 saturated heterocycles. The topological polar surface area (TPSA) is 57.0 Å². The van der Waals surface area contributed by atoms with Crippen LogP contribution in [0.25, 0.3) is 0 Å². The van der Waals surface area contributed by atoms with E-state index in [1.807, 2.05) is 24.3 Å². The van der Waals surface area contributed by atoms with E-state index in [0.29, 0.717) is 0 Å². The highest BCUT2D eigenvalue weighted by atomic mass is 16.7. The van der Waals surface area contributed by atoms with Gasteiger partial charge in [-0.2, -0.15) is 5.10 Å². The molecule has 7 nitrogen and oxygen atoms in total. The summed E-state index contributed by atoms with van der Waals surface area (Å²) in [6.07, 6.45) is 2.70. The van der Waals surface area contributed by atoms with Gasteiger partial charge in [-0.15, -0.1) is 0 Å². The van der Waals surface area contributed by atoms with Crippen molar-refractivity contribution in [2.24, 2.45) is 5.10 Å². The molecule has 0 amide bonds. The van der Waals surface area contributed by atoms with Crippen molar-refractivity contribution in [1.29, 1.82) is 0 Å². The Morgan fingerprint density at radius 2 is 1.97 bits per heavy atom. The number of piperidine rings is 1. The molecule has 1 spiro atoms. The molecule has 0 bridgehead atoms. The number of ether oxygens (including phenoxy) is 4. The van der Waals surface area contributed by atoms with Gasteiger partial charge in [-0.3, -0.25) is 0 Å². The number of hydrazone groups is 1. The molecule has 1 fully saturated rings. The van der Waals surface area contributed by atoms with Crippen molar-refractivity contribution in [1.82, 2.24) is 5.01 Å². The minimum atomic E-state index is -0.427. The van der Waals surface area contributed by atoms with Crippen molar-refractivity contribution >= 4 is 5.71 Å². The molecule has 6 rings (SSSR count). The second-order valence-electron chi connectivity index (χ2n) is 8.56. The van der Waals surface area contributed by atoms with Crippen LogP contribution in [-0.2, 0) is 0 Å². The van der Waals surface area contributed by atoms with Crippen molar-refractivity contribution in [3.8, 4) is 23.0 Å². The molecule has 0 saturated carbocycles. The Balaban J connectivity index is 1.44. The summed E-state index contributed by atoms with van der Waals surface area (Å²) in [5.74, 6) is 3.26. The van der Waals surface area contributed by atoms with Crippen LogP contribution in [0.3, 0.4) is 0 Å². The van der Waals surface area contributed by atoms with Gasteiger partial charge in [0.05, 0.1) is 51.8 Å². The molecule has 2 aromatic carbocycles. The number of nitrogens with zero attached hydrogens (tertiary/aromatic N) is 2. The van der Waals surface area contributed by atoms with Crippen LogP contribution < -0.4 is 23.8 Å². The van der Waals surface area contributed by atoms with Crippen LogP contribution >= 0.6 is 0 Å². The average Bonchev–Trinajstić information content (AvgIpc) is 3.43. The largest absolute Gasteiger partial charge is 0.493 e. The maximum atomic E-state index is 6.74. The highest BCUT2D eigenvalue weighted by molar-refractivity contribution is 6.02. The Morgan fingerprint density at radius 3 is 2.80 bits per heavy atom. The smallest absolute Gasteiger partial charge is 0.231 e. The molecule has 0 aliphatic carbocycles. The van der Waals surface area contributed by atoms with E-state index in [2.05, 4.69) is 24.2 Å². The lowest BCUT2D eigenvalue weighted by molar-refractivity contribution is -0.888. The van der Waals surface area contributed by atoms with Crippen molar-refractivity contribution in [2.75, 3.05) is 34.0 Å². The van der Waals surface area contributed by atoms with Gasteiger partial charge in [0.1, 0.15) is 0 Å². The zero-order valence-corrected chi connectivity index (χ0v) is 17.3. The highest BCUT2D eigenvalue weighted by Crippen LogP contribution is 2.52. The molecule has 1 N–H and O–H groups in total. The maximum Gasteiger partial charge on any atom is 0.231 e. The number of rotatable bonds is 2. The summed E-state index contributed by atoms with van der Waals surface area (Å²) in [4.78, 5) is 1.53. The van der Waals surface area contributed by atoms with Gasteiger partial charge in [0, 0.05) is 17.5 Å². The van der Waals surface area contributed by atoms with E-state index in [9.17, 15) is 0 Å². The summed E-state index contributed by atoms with van der Waals surface area (Å²) >= 11 is 0. The number of likely N-dealkylation sites (tertiary alicyclic amines) is 1. The molecule has 0 aromatic heterocycles. The highest BCUT2D eigenvalue weighted by Gasteiger charge is 2.53. The van der Waals surface area contributed by atoms with E-state index in [1.54, 1.807) is 7.11 Å². The van der Waals surface area contributed by atoms with Gasteiger partial charge in [-0.1, -0.05) is 12.1 Å². The van der Waals surface area contributed by atoms with Gasteiger partial charge >= 0.3 is 0 Å². The Morgan fingerprint density at radius 1 is 1.13 bits per heavy atom. The predicted octanol–water partition coefficient (Wildman–Crippen LogP) is 1.97. The number of benzene rings is 2. The van der Waals surface area contributed by atoms with E-state index < -0.39 is 5.72 Å². The van der Waals surface area contributed by atoms with Crippen LogP contribution in [0.5, 0.6) is 23.0 Å². The molecule has 30 heavy (non-hydrogen) atoms. The number of hydrogen-bond donors (Lipinski definition) is 1. The Labute approximate surface area is 175 Å². The second kappa shape index (κ2) is 6.54. The first-order valence-electron chi connectivity index (χ1n) is 10.6. The first kappa shape index (κ1) is 17.9. The summed E-state index contributed by atoms with van der Waals surface area (Å²) in [7, 11) is 3.95. The molecular weight excluding hydrogens is 382 g/mol. The van der Waals surface area contributed by atoms with Crippen LogP contribution in [-0.4, -0.2) is 50.5 Å². The van der Waals surface area contributed by atoms with Crippen molar-refractivity contribution < 1.29 is 23.8 Å². The lowest BCUT2D eigenvalue weighted by atomic mass is 9.90. The van der Waals surface area contributed by atoms with Crippen LogP contribution in [0.15, 0.2) is 41.5 Å². The summed E-state index contributed by atoms with van der Waals surface area (Å²) in [6, 6.07) is 12.4. The van der Waals surface area contributed by atoms with E-state index in [4.69, 9.17) is 24.0 Å². The van der Waals surface area contributed by atoms with Crippen molar-refractivity contribution in [2.45, 2.75) is 31.0 Å². The van der Waals surface area contributed by atoms with E-state index >= 15 is 0 Å². The van der Waals surface area contributed by atoms with Crippen LogP contribution in [0.2, 0.25) is 0 Å². The predicted molar refractivity (Wildman–Crippen MR) is 111 cm³/mol. The van der Waals surface area contributed by atoms with Gasteiger partial charge in [-0.05, 0) is 24.3 Å². The van der Waals surface area contributed by atoms with E-state index in [1.165, 1.54) is 4.90 Å².